The van der Waals surface area contributed by atoms with Crippen molar-refractivity contribution in [3.8, 4) is 11.5 Å². The number of methoxy groups -OCH3 is 2. The topological polar surface area (TPSA) is 82.1 Å². The van der Waals surface area contributed by atoms with Gasteiger partial charge in [-0.2, -0.15) is 0 Å². The average Bonchev–Trinajstić information content (AvgIpc) is 2.89. The lowest BCUT2D eigenvalue weighted by molar-refractivity contribution is -0.148. The zero-order valence-corrected chi connectivity index (χ0v) is 16.3. The third kappa shape index (κ3) is 3.96. The number of carbonyl (C=O) groups excluding carboxylic acids is 3. The van der Waals surface area contributed by atoms with Crippen molar-refractivity contribution in [1.82, 2.24) is 4.90 Å². The van der Waals surface area contributed by atoms with Crippen molar-refractivity contribution < 1.29 is 28.6 Å². The second-order valence-corrected chi connectivity index (χ2v) is 6.61. The lowest BCUT2D eigenvalue weighted by atomic mass is 10.1. The molecule has 0 unspecified atom stereocenters. The molecule has 2 rings (SSSR count). The Balaban J connectivity index is 2.37. The summed E-state index contributed by atoms with van der Waals surface area (Å²) in [6.45, 7) is 3.70. The molecule has 1 aromatic rings. The molecule has 1 aromatic carbocycles. The van der Waals surface area contributed by atoms with E-state index in [1.807, 2.05) is 6.92 Å². The van der Waals surface area contributed by atoms with Gasteiger partial charge in [0.2, 0.25) is 0 Å². The third-order valence-corrected chi connectivity index (χ3v) is 4.83. The van der Waals surface area contributed by atoms with Gasteiger partial charge in [-0.1, -0.05) is 11.6 Å². The van der Waals surface area contributed by atoms with Crippen LogP contribution < -0.4 is 9.47 Å². The number of benzene rings is 1. The zero-order chi connectivity index (χ0) is 19.4. The van der Waals surface area contributed by atoms with E-state index >= 15 is 0 Å². The summed E-state index contributed by atoms with van der Waals surface area (Å²) in [6.07, 6.45) is 1.48. The highest BCUT2D eigenvalue weighted by Gasteiger charge is 2.41. The Kier molecular flexibility index (Phi) is 6.55. The highest BCUT2D eigenvalue weighted by Crippen LogP contribution is 2.38. The van der Waals surface area contributed by atoms with Crippen LogP contribution in [0.3, 0.4) is 0 Å². The molecule has 1 fully saturated rings. The number of rotatable bonds is 6. The molecule has 2 amide bonds. The number of ether oxygens (including phenoxy) is 3. The summed E-state index contributed by atoms with van der Waals surface area (Å²) >= 11 is 6.98. The first-order valence-corrected chi connectivity index (χ1v) is 8.88. The number of amides is 2. The van der Waals surface area contributed by atoms with Gasteiger partial charge in [-0.25, -0.2) is 4.79 Å². The van der Waals surface area contributed by atoms with Gasteiger partial charge in [0.25, 0.3) is 11.1 Å². The minimum absolute atomic E-state index is 0.152. The molecule has 0 aliphatic carbocycles. The van der Waals surface area contributed by atoms with Gasteiger partial charge in [-0.05, 0) is 43.3 Å². The fourth-order valence-corrected chi connectivity index (χ4v) is 3.43. The van der Waals surface area contributed by atoms with Crippen molar-refractivity contribution in [2.24, 2.45) is 0 Å². The van der Waals surface area contributed by atoms with Crippen LogP contribution in [0.5, 0.6) is 11.5 Å². The lowest BCUT2D eigenvalue weighted by Gasteiger charge is -2.18. The fraction of sp³-hybridized carbons (Fsp3) is 0.353. The van der Waals surface area contributed by atoms with Crippen LogP contribution in [0.4, 0.5) is 4.79 Å². The molecule has 1 aliphatic heterocycles. The van der Waals surface area contributed by atoms with E-state index in [4.69, 9.17) is 21.1 Å². The Morgan fingerprint density at radius 3 is 2.58 bits per heavy atom. The molecule has 0 bridgehead atoms. The lowest BCUT2D eigenvalue weighted by Crippen LogP contribution is -2.42. The van der Waals surface area contributed by atoms with Gasteiger partial charge in [-0.15, -0.1) is 0 Å². The second kappa shape index (κ2) is 8.46. The first-order valence-electron chi connectivity index (χ1n) is 7.69. The maximum atomic E-state index is 12.5. The van der Waals surface area contributed by atoms with Crippen LogP contribution in [0.25, 0.3) is 6.08 Å². The quantitative estimate of drug-likeness (QED) is 0.535. The number of thioether (sulfide) groups is 1. The van der Waals surface area contributed by atoms with Gasteiger partial charge < -0.3 is 14.2 Å². The van der Waals surface area contributed by atoms with E-state index in [9.17, 15) is 14.4 Å². The molecular formula is C17H18ClNO6S. The van der Waals surface area contributed by atoms with Gasteiger partial charge in [0, 0.05) is 6.07 Å². The summed E-state index contributed by atoms with van der Waals surface area (Å²) in [5.41, 5.74) is 0.489. The summed E-state index contributed by atoms with van der Waals surface area (Å²) in [4.78, 5) is 37.3. The molecule has 1 heterocycles. The van der Waals surface area contributed by atoms with Crippen LogP contribution in [0, 0.1) is 0 Å². The number of hydrogen-bond donors (Lipinski definition) is 0. The van der Waals surface area contributed by atoms with E-state index in [0.717, 1.165) is 16.7 Å². The molecule has 26 heavy (non-hydrogen) atoms. The number of esters is 1. The van der Waals surface area contributed by atoms with Crippen molar-refractivity contribution >= 4 is 46.6 Å². The number of halogens is 1. The molecule has 0 aromatic heterocycles. The van der Waals surface area contributed by atoms with Crippen molar-refractivity contribution in [2.45, 2.75) is 19.9 Å². The summed E-state index contributed by atoms with van der Waals surface area (Å²) in [6, 6.07) is 2.19. The van der Waals surface area contributed by atoms with Crippen molar-refractivity contribution in [2.75, 3.05) is 20.8 Å². The standard InChI is InChI=1S/C17H18ClNO6S/c1-5-25-13-8-11(18)10(6-12(13)23-3)7-14-15(20)19(17(22)26-14)9(2)16(21)24-4/h6-9H,5H2,1-4H3/b14-7+/t9-/m1/s1. The Morgan fingerprint density at radius 1 is 1.31 bits per heavy atom. The van der Waals surface area contributed by atoms with E-state index in [1.54, 1.807) is 12.1 Å². The zero-order valence-electron chi connectivity index (χ0n) is 14.7. The largest absolute Gasteiger partial charge is 0.493 e. The highest BCUT2D eigenvalue weighted by atomic mass is 35.5. The van der Waals surface area contributed by atoms with Crippen LogP contribution in [0.1, 0.15) is 19.4 Å². The van der Waals surface area contributed by atoms with E-state index in [2.05, 4.69) is 4.74 Å². The third-order valence-electron chi connectivity index (χ3n) is 3.62. The Morgan fingerprint density at radius 2 is 2.00 bits per heavy atom. The van der Waals surface area contributed by atoms with E-state index in [0.29, 0.717) is 28.7 Å². The van der Waals surface area contributed by atoms with Crippen LogP contribution in [-0.4, -0.2) is 48.9 Å². The Hall–Kier alpha value is -2.19. The number of carbonyl (C=O) groups is 3. The predicted octanol–water partition coefficient (Wildman–Crippen LogP) is 3.35. The van der Waals surface area contributed by atoms with E-state index in [1.165, 1.54) is 27.2 Å². The van der Waals surface area contributed by atoms with Crippen LogP contribution in [-0.2, 0) is 14.3 Å². The molecule has 0 N–H and O–H groups in total. The molecule has 0 spiro atoms. The van der Waals surface area contributed by atoms with Gasteiger partial charge in [-0.3, -0.25) is 14.5 Å². The first kappa shape index (κ1) is 20.1. The summed E-state index contributed by atoms with van der Waals surface area (Å²) in [5.74, 6) is -0.328. The number of hydrogen-bond acceptors (Lipinski definition) is 7. The number of nitrogens with zero attached hydrogens (tertiary/aromatic N) is 1. The van der Waals surface area contributed by atoms with Crippen molar-refractivity contribution in [3.05, 3.63) is 27.6 Å². The Bertz CT molecular complexity index is 779. The Labute approximate surface area is 160 Å². The first-order chi connectivity index (χ1) is 12.3. The SMILES string of the molecule is CCOc1cc(Cl)c(/C=C2/SC(=O)N([C@H](C)C(=O)OC)C2=O)cc1OC. The maximum Gasteiger partial charge on any atom is 0.328 e. The van der Waals surface area contributed by atoms with Gasteiger partial charge in [0.1, 0.15) is 6.04 Å². The molecule has 1 atom stereocenters. The molecule has 9 heteroatoms. The smallest absolute Gasteiger partial charge is 0.328 e. The molecular weight excluding hydrogens is 382 g/mol. The molecule has 0 saturated carbocycles. The average molecular weight is 400 g/mol. The second-order valence-electron chi connectivity index (χ2n) is 5.21. The normalized spacial score (nSPS) is 16.8. The minimum Gasteiger partial charge on any atom is -0.493 e. The van der Waals surface area contributed by atoms with Gasteiger partial charge in [0.05, 0.1) is 30.8 Å². The molecule has 0 radical (unpaired) electrons. The monoisotopic (exact) mass is 399 g/mol. The molecule has 1 saturated heterocycles. The van der Waals surface area contributed by atoms with Crippen molar-refractivity contribution in [3.63, 3.8) is 0 Å². The van der Waals surface area contributed by atoms with Gasteiger partial charge >= 0.3 is 5.97 Å². The molecule has 7 nitrogen and oxygen atoms in total. The molecule has 140 valence electrons. The summed E-state index contributed by atoms with van der Waals surface area (Å²) in [7, 11) is 2.68. The molecule has 1 aliphatic rings. The summed E-state index contributed by atoms with van der Waals surface area (Å²) in [5, 5.41) is -0.213. The predicted molar refractivity (Wildman–Crippen MR) is 98.5 cm³/mol. The highest BCUT2D eigenvalue weighted by molar-refractivity contribution is 8.18. The van der Waals surface area contributed by atoms with Crippen molar-refractivity contribution in [1.29, 1.82) is 0 Å². The van der Waals surface area contributed by atoms with E-state index in [-0.39, 0.29) is 4.91 Å². The van der Waals surface area contributed by atoms with Gasteiger partial charge in [0.15, 0.2) is 11.5 Å². The maximum absolute atomic E-state index is 12.5. The fourth-order valence-electron chi connectivity index (χ4n) is 2.32. The van der Waals surface area contributed by atoms with E-state index < -0.39 is 23.2 Å². The van der Waals surface area contributed by atoms with Crippen LogP contribution in [0.15, 0.2) is 17.0 Å². The number of imide groups is 1. The van der Waals surface area contributed by atoms with Crippen LogP contribution >= 0.6 is 23.4 Å². The van der Waals surface area contributed by atoms with Crippen LogP contribution in [0.2, 0.25) is 5.02 Å². The minimum atomic E-state index is -1.01. The summed E-state index contributed by atoms with van der Waals surface area (Å²) < 4.78 is 15.3.